The van der Waals surface area contributed by atoms with Crippen molar-refractivity contribution in [2.45, 2.75) is 6.18 Å². The summed E-state index contributed by atoms with van der Waals surface area (Å²) in [6.45, 7) is 0. The van der Waals surface area contributed by atoms with Gasteiger partial charge in [0.1, 0.15) is 11.3 Å². The SMILES string of the molecule is O=C(O)c1ccc(-n2nc(C(F)(F)F)cc2-c2ccccc2)cc1O. The number of carbonyl (C=O) groups is 1. The zero-order chi connectivity index (χ0) is 18.2. The van der Waals surface area contributed by atoms with E-state index in [1.54, 1.807) is 30.3 Å². The van der Waals surface area contributed by atoms with E-state index in [0.717, 1.165) is 22.9 Å². The number of halogens is 3. The lowest BCUT2D eigenvalue weighted by Gasteiger charge is -2.09. The molecular formula is C17H11F3N2O3. The van der Waals surface area contributed by atoms with Crippen LogP contribution in [0, 0.1) is 0 Å². The fourth-order valence-corrected chi connectivity index (χ4v) is 2.36. The quantitative estimate of drug-likeness (QED) is 0.751. The van der Waals surface area contributed by atoms with Gasteiger partial charge >= 0.3 is 12.1 Å². The topological polar surface area (TPSA) is 75.3 Å². The van der Waals surface area contributed by atoms with Gasteiger partial charge in [0.25, 0.3) is 0 Å². The van der Waals surface area contributed by atoms with Gasteiger partial charge in [-0.15, -0.1) is 0 Å². The maximum Gasteiger partial charge on any atom is 0.435 e. The van der Waals surface area contributed by atoms with E-state index in [-0.39, 0.29) is 16.9 Å². The number of aromatic carboxylic acids is 1. The van der Waals surface area contributed by atoms with Crippen molar-refractivity contribution in [2.24, 2.45) is 0 Å². The molecule has 0 aliphatic carbocycles. The van der Waals surface area contributed by atoms with Crippen LogP contribution in [0.15, 0.2) is 54.6 Å². The van der Waals surface area contributed by atoms with Crippen LogP contribution in [0.5, 0.6) is 5.75 Å². The summed E-state index contributed by atoms with van der Waals surface area (Å²) in [5.74, 6) is -1.91. The molecule has 0 bridgehead atoms. The maximum atomic E-state index is 13.1. The first-order valence-corrected chi connectivity index (χ1v) is 7.07. The summed E-state index contributed by atoms with van der Waals surface area (Å²) in [6.07, 6.45) is -4.64. The Hall–Kier alpha value is -3.29. The van der Waals surface area contributed by atoms with E-state index in [9.17, 15) is 23.1 Å². The number of aromatic hydroxyl groups is 1. The Morgan fingerprint density at radius 1 is 1.04 bits per heavy atom. The van der Waals surface area contributed by atoms with Crippen molar-refractivity contribution >= 4 is 5.97 Å². The molecule has 0 fully saturated rings. The zero-order valence-electron chi connectivity index (χ0n) is 12.5. The van der Waals surface area contributed by atoms with Gasteiger partial charge in [-0.3, -0.25) is 0 Å². The highest BCUT2D eigenvalue weighted by Gasteiger charge is 2.35. The minimum Gasteiger partial charge on any atom is -0.507 e. The Morgan fingerprint density at radius 2 is 1.72 bits per heavy atom. The predicted molar refractivity (Wildman–Crippen MR) is 82.6 cm³/mol. The minimum atomic E-state index is -4.64. The monoisotopic (exact) mass is 348 g/mol. The first kappa shape index (κ1) is 16.6. The number of hydrogen-bond donors (Lipinski definition) is 2. The normalized spacial score (nSPS) is 11.5. The van der Waals surface area contributed by atoms with Crippen LogP contribution in [-0.2, 0) is 6.18 Å². The Balaban J connectivity index is 2.20. The smallest absolute Gasteiger partial charge is 0.435 e. The highest BCUT2D eigenvalue weighted by molar-refractivity contribution is 5.91. The van der Waals surface area contributed by atoms with E-state index in [1.165, 1.54) is 6.07 Å². The fourth-order valence-electron chi connectivity index (χ4n) is 2.36. The van der Waals surface area contributed by atoms with Crippen molar-refractivity contribution in [3.8, 4) is 22.7 Å². The van der Waals surface area contributed by atoms with Gasteiger partial charge in [0, 0.05) is 11.6 Å². The molecule has 128 valence electrons. The molecule has 25 heavy (non-hydrogen) atoms. The predicted octanol–water partition coefficient (Wildman–Crippen LogP) is 3.96. The minimum absolute atomic E-state index is 0.108. The van der Waals surface area contributed by atoms with Gasteiger partial charge in [-0.1, -0.05) is 30.3 Å². The van der Waals surface area contributed by atoms with Gasteiger partial charge < -0.3 is 10.2 Å². The second kappa shape index (κ2) is 5.97. The molecule has 2 aromatic carbocycles. The molecule has 2 N–H and O–H groups in total. The van der Waals surface area contributed by atoms with Gasteiger partial charge in [0.15, 0.2) is 5.69 Å². The van der Waals surface area contributed by atoms with Crippen LogP contribution >= 0.6 is 0 Å². The summed E-state index contributed by atoms with van der Waals surface area (Å²) in [5.41, 5.74) is -0.680. The van der Waals surface area contributed by atoms with Crippen molar-refractivity contribution in [2.75, 3.05) is 0 Å². The van der Waals surface area contributed by atoms with Crippen LogP contribution in [-0.4, -0.2) is 26.0 Å². The fraction of sp³-hybridized carbons (Fsp3) is 0.0588. The zero-order valence-corrected chi connectivity index (χ0v) is 12.5. The molecule has 5 nitrogen and oxygen atoms in total. The molecule has 0 radical (unpaired) electrons. The molecule has 8 heteroatoms. The molecule has 0 atom stereocenters. The van der Waals surface area contributed by atoms with E-state index >= 15 is 0 Å². The van der Waals surface area contributed by atoms with Gasteiger partial charge in [0.2, 0.25) is 0 Å². The Labute approximate surface area is 139 Å². The van der Waals surface area contributed by atoms with Crippen molar-refractivity contribution in [1.29, 1.82) is 0 Å². The van der Waals surface area contributed by atoms with E-state index in [4.69, 9.17) is 5.11 Å². The lowest BCUT2D eigenvalue weighted by atomic mass is 10.1. The Kier molecular flexibility index (Phi) is 3.96. The third-order valence-corrected chi connectivity index (χ3v) is 3.53. The van der Waals surface area contributed by atoms with Crippen molar-refractivity contribution in [1.82, 2.24) is 9.78 Å². The van der Waals surface area contributed by atoms with Crippen molar-refractivity contribution in [3.63, 3.8) is 0 Å². The Bertz CT molecular complexity index is 934. The summed E-state index contributed by atoms with van der Waals surface area (Å²) in [7, 11) is 0. The second-order valence-corrected chi connectivity index (χ2v) is 5.20. The summed E-state index contributed by atoms with van der Waals surface area (Å²) in [4.78, 5) is 11.0. The molecule has 0 saturated carbocycles. The van der Waals surface area contributed by atoms with Crippen molar-refractivity contribution < 1.29 is 28.2 Å². The third kappa shape index (κ3) is 3.18. The van der Waals surface area contributed by atoms with Crippen LogP contribution in [0.3, 0.4) is 0 Å². The van der Waals surface area contributed by atoms with Gasteiger partial charge in [-0.05, 0) is 18.2 Å². The first-order valence-electron chi connectivity index (χ1n) is 7.07. The number of carboxylic acid groups (broad SMARTS) is 1. The highest BCUT2D eigenvalue weighted by Crippen LogP contribution is 2.34. The lowest BCUT2D eigenvalue weighted by molar-refractivity contribution is -0.141. The molecule has 0 aliphatic heterocycles. The number of alkyl halides is 3. The van der Waals surface area contributed by atoms with E-state index in [1.807, 2.05) is 0 Å². The van der Waals surface area contributed by atoms with E-state index < -0.39 is 23.6 Å². The number of benzene rings is 2. The van der Waals surface area contributed by atoms with E-state index in [2.05, 4.69) is 5.10 Å². The van der Waals surface area contributed by atoms with Gasteiger partial charge in [-0.25, -0.2) is 9.48 Å². The van der Waals surface area contributed by atoms with Crippen molar-refractivity contribution in [3.05, 3.63) is 65.9 Å². The molecular weight excluding hydrogens is 337 g/mol. The molecule has 3 rings (SSSR count). The number of carboxylic acids is 1. The standard InChI is InChI=1S/C17H11F3N2O3/c18-17(19,20)15-9-13(10-4-2-1-3-5-10)22(21-15)11-6-7-12(16(24)25)14(23)8-11/h1-9,23H,(H,24,25). The van der Waals surface area contributed by atoms with Crippen LogP contribution < -0.4 is 0 Å². The molecule has 0 aliphatic rings. The Morgan fingerprint density at radius 3 is 2.28 bits per heavy atom. The molecule has 0 unspecified atom stereocenters. The number of rotatable bonds is 3. The molecule has 0 spiro atoms. The maximum absolute atomic E-state index is 13.1. The molecule has 0 amide bonds. The second-order valence-electron chi connectivity index (χ2n) is 5.20. The van der Waals surface area contributed by atoms with Gasteiger partial charge in [0.05, 0.1) is 11.4 Å². The highest BCUT2D eigenvalue weighted by atomic mass is 19.4. The molecule has 3 aromatic rings. The molecule has 1 heterocycles. The van der Waals surface area contributed by atoms with E-state index in [0.29, 0.717) is 5.56 Å². The summed E-state index contributed by atoms with van der Waals surface area (Å²) in [6, 6.07) is 12.7. The van der Waals surface area contributed by atoms with Crippen LogP contribution in [0.1, 0.15) is 16.1 Å². The van der Waals surface area contributed by atoms with Crippen LogP contribution in [0.25, 0.3) is 16.9 Å². The third-order valence-electron chi connectivity index (χ3n) is 3.53. The lowest BCUT2D eigenvalue weighted by Crippen LogP contribution is -2.07. The molecule has 0 saturated heterocycles. The van der Waals surface area contributed by atoms with Crippen LogP contribution in [0.4, 0.5) is 13.2 Å². The average molecular weight is 348 g/mol. The van der Waals surface area contributed by atoms with Gasteiger partial charge in [-0.2, -0.15) is 18.3 Å². The largest absolute Gasteiger partial charge is 0.507 e. The molecule has 1 aromatic heterocycles. The average Bonchev–Trinajstić information content (AvgIpc) is 3.00. The summed E-state index contributed by atoms with van der Waals surface area (Å²) < 4.78 is 40.2. The number of nitrogens with zero attached hydrogens (tertiary/aromatic N) is 2. The summed E-state index contributed by atoms with van der Waals surface area (Å²) >= 11 is 0. The first-order chi connectivity index (χ1) is 11.8. The van der Waals surface area contributed by atoms with Crippen LogP contribution in [0.2, 0.25) is 0 Å². The summed E-state index contributed by atoms with van der Waals surface area (Å²) in [5, 5.41) is 22.3. The number of phenols is 1. The number of aromatic nitrogens is 2. The number of hydrogen-bond acceptors (Lipinski definition) is 3.